The number of hydrogen-bond acceptors (Lipinski definition) is 4. The van der Waals surface area contributed by atoms with E-state index in [1.807, 2.05) is 4.98 Å². The highest BCUT2D eigenvalue weighted by Crippen LogP contribution is 2.03. The zero-order chi connectivity index (χ0) is 13.2. The highest BCUT2D eigenvalue weighted by molar-refractivity contribution is 7.84. The van der Waals surface area contributed by atoms with Crippen molar-refractivity contribution in [3.63, 3.8) is 0 Å². The fraction of sp³-hybridized carbons (Fsp3) is 0.444. The van der Waals surface area contributed by atoms with Crippen molar-refractivity contribution in [2.75, 3.05) is 12.0 Å². The van der Waals surface area contributed by atoms with Gasteiger partial charge in [0.2, 0.25) is 0 Å². The van der Waals surface area contributed by atoms with Crippen LogP contribution in [-0.2, 0) is 10.8 Å². The van der Waals surface area contributed by atoms with Gasteiger partial charge in [-0.3, -0.25) is 18.6 Å². The molecule has 0 saturated heterocycles. The first kappa shape index (κ1) is 13.4. The van der Waals surface area contributed by atoms with Gasteiger partial charge in [-0.15, -0.1) is 0 Å². The lowest BCUT2D eigenvalue weighted by atomic mass is 10.3. The molecule has 7 nitrogen and oxygen atoms in total. The van der Waals surface area contributed by atoms with Gasteiger partial charge in [0.25, 0.3) is 5.56 Å². The number of carboxylic acids is 1. The third-order valence-corrected chi connectivity index (χ3v) is 3.10. The smallest absolute Gasteiger partial charge is 0.342 e. The zero-order valence-corrected chi connectivity index (χ0v) is 10.1. The van der Waals surface area contributed by atoms with E-state index in [0.29, 0.717) is 0 Å². The van der Waals surface area contributed by atoms with Gasteiger partial charge in [-0.1, -0.05) is 0 Å². The molecule has 17 heavy (non-hydrogen) atoms. The molecule has 0 radical (unpaired) electrons. The van der Waals surface area contributed by atoms with Crippen LogP contribution in [0.4, 0.5) is 0 Å². The van der Waals surface area contributed by atoms with Gasteiger partial charge in [-0.05, 0) is 6.92 Å². The van der Waals surface area contributed by atoms with Crippen molar-refractivity contribution in [2.24, 2.45) is 0 Å². The van der Waals surface area contributed by atoms with Crippen LogP contribution in [0.25, 0.3) is 0 Å². The van der Waals surface area contributed by atoms with Crippen molar-refractivity contribution < 1.29 is 14.1 Å². The average Bonchev–Trinajstić information content (AvgIpc) is 2.15. The van der Waals surface area contributed by atoms with E-state index in [1.54, 1.807) is 6.92 Å². The number of nitrogens with one attached hydrogen (secondary N) is 1. The van der Waals surface area contributed by atoms with Crippen molar-refractivity contribution in [1.82, 2.24) is 9.55 Å². The third kappa shape index (κ3) is 3.13. The van der Waals surface area contributed by atoms with Gasteiger partial charge in [0.05, 0.1) is 0 Å². The summed E-state index contributed by atoms with van der Waals surface area (Å²) in [5.74, 6) is -1.21. The van der Waals surface area contributed by atoms with E-state index in [1.165, 1.54) is 6.26 Å². The van der Waals surface area contributed by atoms with Crippen molar-refractivity contribution in [3.05, 3.63) is 32.6 Å². The Morgan fingerprint density at radius 2 is 2.18 bits per heavy atom. The summed E-state index contributed by atoms with van der Waals surface area (Å²) in [4.78, 5) is 35.3. The van der Waals surface area contributed by atoms with E-state index in [4.69, 9.17) is 5.11 Å². The monoisotopic (exact) mass is 260 g/mol. The Morgan fingerprint density at radius 3 is 2.65 bits per heavy atom. The molecule has 1 rings (SSSR count). The van der Waals surface area contributed by atoms with Gasteiger partial charge in [0.1, 0.15) is 5.56 Å². The molecule has 0 fully saturated rings. The minimum absolute atomic E-state index is 0.199. The number of aromatic carboxylic acids is 1. The fourth-order valence-electron chi connectivity index (χ4n) is 1.39. The van der Waals surface area contributed by atoms with Crippen LogP contribution in [0.5, 0.6) is 0 Å². The molecule has 1 aromatic rings. The van der Waals surface area contributed by atoms with Gasteiger partial charge in [-0.2, -0.15) is 0 Å². The second kappa shape index (κ2) is 5.09. The molecule has 2 N–H and O–H groups in total. The summed E-state index contributed by atoms with van der Waals surface area (Å²) in [5, 5.41) is 8.75. The Kier molecular flexibility index (Phi) is 4.00. The zero-order valence-electron chi connectivity index (χ0n) is 9.30. The second-order valence-corrected chi connectivity index (χ2v) is 5.08. The van der Waals surface area contributed by atoms with Gasteiger partial charge in [0, 0.05) is 35.0 Å². The molecular weight excluding hydrogens is 248 g/mol. The minimum atomic E-state index is -1.41. The summed E-state index contributed by atoms with van der Waals surface area (Å²) in [6.07, 6.45) is 2.45. The minimum Gasteiger partial charge on any atom is -0.477 e. The van der Waals surface area contributed by atoms with Crippen LogP contribution >= 0.6 is 0 Å². The predicted molar refractivity (Wildman–Crippen MR) is 61.9 cm³/mol. The van der Waals surface area contributed by atoms with Gasteiger partial charge in [0.15, 0.2) is 0 Å². The Bertz CT molecular complexity index is 573. The van der Waals surface area contributed by atoms with Gasteiger partial charge in [-0.25, -0.2) is 9.59 Å². The molecule has 1 heterocycles. The normalized spacial score (nSPS) is 14.2. The van der Waals surface area contributed by atoms with Crippen LogP contribution < -0.4 is 11.2 Å². The average molecular weight is 260 g/mol. The quantitative estimate of drug-likeness (QED) is 0.734. The Hall–Kier alpha value is -1.70. The lowest BCUT2D eigenvalue weighted by molar-refractivity contribution is 0.0693. The van der Waals surface area contributed by atoms with Crippen molar-refractivity contribution >= 4 is 16.8 Å². The van der Waals surface area contributed by atoms with E-state index in [0.717, 1.165) is 10.8 Å². The number of hydrogen-bond donors (Lipinski definition) is 2. The summed E-state index contributed by atoms with van der Waals surface area (Å²) in [7, 11) is -1.13. The molecule has 0 aliphatic rings. The fourth-order valence-corrected chi connectivity index (χ4v) is 2.23. The van der Waals surface area contributed by atoms with Crippen LogP contribution in [-0.4, -0.2) is 36.8 Å². The Balaban J connectivity index is 3.30. The maximum atomic E-state index is 11.5. The van der Waals surface area contributed by atoms with Crippen LogP contribution in [0.1, 0.15) is 23.3 Å². The van der Waals surface area contributed by atoms with E-state index < -0.39 is 39.6 Å². The molecule has 94 valence electrons. The molecule has 0 spiro atoms. The van der Waals surface area contributed by atoms with Crippen LogP contribution in [0.2, 0.25) is 0 Å². The van der Waals surface area contributed by atoms with E-state index in [9.17, 15) is 18.6 Å². The number of nitrogens with zero attached hydrogens (tertiary/aromatic N) is 1. The molecular formula is C9H12N2O5S. The maximum absolute atomic E-state index is 11.5. The summed E-state index contributed by atoms with van der Waals surface area (Å²) in [5.41, 5.74) is -2.17. The second-order valence-electron chi connectivity index (χ2n) is 3.60. The molecule has 1 aromatic heterocycles. The molecule has 0 aromatic carbocycles. The topological polar surface area (TPSA) is 109 Å². The highest BCUT2D eigenvalue weighted by atomic mass is 32.2. The van der Waals surface area contributed by atoms with Crippen LogP contribution in [0, 0.1) is 0 Å². The number of rotatable bonds is 4. The maximum Gasteiger partial charge on any atom is 0.342 e. The third-order valence-electron chi connectivity index (χ3n) is 2.15. The van der Waals surface area contributed by atoms with E-state index >= 15 is 0 Å². The standard InChI is InChI=1S/C9H12N2O5S/c1-5(4-17(2)16)11-3-6(8(13)14)7(12)10-9(11)15/h3,5H,4H2,1-2H3,(H,13,14)(H,10,12,15). The largest absolute Gasteiger partial charge is 0.477 e. The highest BCUT2D eigenvalue weighted by Gasteiger charge is 2.15. The van der Waals surface area contributed by atoms with E-state index in [-0.39, 0.29) is 5.75 Å². The van der Waals surface area contributed by atoms with Crippen molar-refractivity contribution in [1.29, 1.82) is 0 Å². The summed E-state index contributed by atoms with van der Waals surface area (Å²) < 4.78 is 12.1. The molecule has 2 unspecified atom stereocenters. The summed E-state index contributed by atoms with van der Waals surface area (Å²) >= 11 is 0. The van der Waals surface area contributed by atoms with Gasteiger partial charge < -0.3 is 5.11 Å². The number of H-pyrrole nitrogens is 1. The first-order chi connectivity index (χ1) is 7.82. The Labute approximate surface area is 98.6 Å². The Morgan fingerprint density at radius 1 is 1.59 bits per heavy atom. The molecule has 2 atom stereocenters. The molecule has 0 bridgehead atoms. The SMILES string of the molecule is CC(CS(C)=O)n1cc(C(=O)O)c(=O)[nH]c1=O. The van der Waals surface area contributed by atoms with Gasteiger partial charge >= 0.3 is 11.7 Å². The molecule has 0 amide bonds. The predicted octanol–water partition coefficient (Wildman–Crippen LogP) is -0.826. The van der Waals surface area contributed by atoms with E-state index in [2.05, 4.69) is 0 Å². The number of carboxylic acid groups (broad SMARTS) is 1. The van der Waals surface area contributed by atoms with Crippen molar-refractivity contribution in [2.45, 2.75) is 13.0 Å². The molecule has 0 aliphatic heterocycles. The first-order valence-electron chi connectivity index (χ1n) is 4.71. The molecule has 0 aliphatic carbocycles. The number of carbonyl (C=O) groups is 1. The number of aromatic nitrogens is 2. The summed E-state index contributed by atoms with van der Waals surface area (Å²) in [6.45, 7) is 1.62. The van der Waals surface area contributed by atoms with Crippen molar-refractivity contribution in [3.8, 4) is 0 Å². The van der Waals surface area contributed by atoms with Crippen LogP contribution in [0.3, 0.4) is 0 Å². The van der Waals surface area contributed by atoms with Crippen LogP contribution in [0.15, 0.2) is 15.8 Å². The lowest BCUT2D eigenvalue weighted by Crippen LogP contribution is -2.35. The lowest BCUT2D eigenvalue weighted by Gasteiger charge is -2.13. The molecule has 8 heteroatoms. The summed E-state index contributed by atoms with van der Waals surface area (Å²) in [6, 6.07) is -0.455. The number of aromatic amines is 1. The molecule has 0 saturated carbocycles. The first-order valence-corrected chi connectivity index (χ1v) is 6.44.